The number of nitrogen functional groups attached to an aromatic ring is 1. The molecule has 0 aliphatic carbocycles. The van der Waals surface area contributed by atoms with Crippen LogP contribution in [-0.2, 0) is 11.2 Å². The summed E-state index contributed by atoms with van der Waals surface area (Å²) in [6, 6.07) is -0.253. The Morgan fingerprint density at radius 2 is 2.09 bits per heavy atom. The molecule has 1 aromatic rings. The van der Waals surface area contributed by atoms with Crippen molar-refractivity contribution in [2.24, 2.45) is 0 Å². The number of carbonyl (C=O) groups excluding carboxylic acids is 1. The molecule has 126 valence electrons. The molecule has 2 aliphatic rings. The minimum Gasteiger partial charge on any atom is -0.368 e. The molecular formula is C15H25N7O. The third-order valence-corrected chi connectivity index (χ3v) is 4.47. The average molecular weight is 319 g/mol. The van der Waals surface area contributed by atoms with E-state index >= 15 is 0 Å². The fraction of sp³-hybridized carbons (Fsp3) is 0.667. The number of aromatic nitrogens is 2. The van der Waals surface area contributed by atoms with Gasteiger partial charge >= 0.3 is 0 Å². The highest BCUT2D eigenvalue weighted by Gasteiger charge is 2.29. The Bertz CT molecular complexity index is 583. The van der Waals surface area contributed by atoms with Crippen LogP contribution in [-0.4, -0.2) is 66.6 Å². The van der Waals surface area contributed by atoms with Crippen molar-refractivity contribution in [3.63, 3.8) is 0 Å². The summed E-state index contributed by atoms with van der Waals surface area (Å²) in [5.74, 6) is 1.88. The van der Waals surface area contributed by atoms with E-state index in [0.29, 0.717) is 12.4 Å². The van der Waals surface area contributed by atoms with Crippen molar-refractivity contribution < 1.29 is 4.79 Å². The van der Waals surface area contributed by atoms with Crippen LogP contribution >= 0.6 is 0 Å². The summed E-state index contributed by atoms with van der Waals surface area (Å²) >= 11 is 0. The second-order valence-electron chi connectivity index (χ2n) is 6.15. The number of hydrogen-bond acceptors (Lipinski definition) is 7. The van der Waals surface area contributed by atoms with Gasteiger partial charge in [-0.2, -0.15) is 9.97 Å². The standard InChI is InChI=1S/C15H25N7O/c1-3-17-14(23)11-5-4-10-12(18-11)19-15(16)20-13(10)22-8-6-21(2)7-9-22/h11H,3-9H2,1-2H3,(H,17,23)(H3,16,18,19,20). The zero-order valence-corrected chi connectivity index (χ0v) is 13.8. The lowest BCUT2D eigenvalue weighted by Gasteiger charge is -2.36. The van der Waals surface area contributed by atoms with Crippen LogP contribution < -0.4 is 21.3 Å². The maximum atomic E-state index is 12.1. The smallest absolute Gasteiger partial charge is 0.242 e. The van der Waals surface area contributed by atoms with E-state index in [1.54, 1.807) is 0 Å². The molecule has 1 fully saturated rings. The largest absolute Gasteiger partial charge is 0.368 e. The van der Waals surface area contributed by atoms with Crippen molar-refractivity contribution in [1.82, 2.24) is 20.2 Å². The lowest BCUT2D eigenvalue weighted by molar-refractivity contribution is -0.121. The first-order valence-electron chi connectivity index (χ1n) is 8.22. The Labute approximate surface area is 136 Å². The van der Waals surface area contributed by atoms with Crippen LogP contribution in [0.5, 0.6) is 0 Å². The van der Waals surface area contributed by atoms with Gasteiger partial charge in [0.2, 0.25) is 11.9 Å². The maximum Gasteiger partial charge on any atom is 0.242 e. The van der Waals surface area contributed by atoms with E-state index in [9.17, 15) is 4.79 Å². The molecule has 1 unspecified atom stereocenters. The van der Waals surface area contributed by atoms with E-state index in [2.05, 4.69) is 37.4 Å². The molecule has 1 amide bonds. The van der Waals surface area contributed by atoms with Crippen LogP contribution in [0.3, 0.4) is 0 Å². The van der Waals surface area contributed by atoms with Crippen molar-refractivity contribution in [1.29, 1.82) is 0 Å². The van der Waals surface area contributed by atoms with E-state index in [1.807, 2.05) is 6.92 Å². The van der Waals surface area contributed by atoms with Crippen LogP contribution in [0.25, 0.3) is 0 Å². The number of nitrogens with zero attached hydrogens (tertiary/aromatic N) is 4. The van der Waals surface area contributed by atoms with Gasteiger partial charge in [0.15, 0.2) is 0 Å². The predicted molar refractivity (Wildman–Crippen MR) is 90.6 cm³/mol. The molecule has 4 N–H and O–H groups in total. The summed E-state index contributed by atoms with van der Waals surface area (Å²) in [4.78, 5) is 25.4. The highest BCUT2D eigenvalue weighted by Crippen LogP contribution is 2.31. The van der Waals surface area contributed by atoms with Gasteiger partial charge < -0.3 is 26.2 Å². The third-order valence-electron chi connectivity index (χ3n) is 4.47. The van der Waals surface area contributed by atoms with Crippen molar-refractivity contribution >= 4 is 23.5 Å². The molecule has 1 aromatic heterocycles. The quantitative estimate of drug-likeness (QED) is 0.702. The Morgan fingerprint density at radius 1 is 1.35 bits per heavy atom. The summed E-state index contributed by atoms with van der Waals surface area (Å²) < 4.78 is 0. The highest BCUT2D eigenvalue weighted by atomic mass is 16.2. The second-order valence-corrected chi connectivity index (χ2v) is 6.15. The molecule has 2 aliphatic heterocycles. The van der Waals surface area contributed by atoms with E-state index < -0.39 is 0 Å². The molecule has 23 heavy (non-hydrogen) atoms. The zero-order chi connectivity index (χ0) is 16.4. The molecule has 0 radical (unpaired) electrons. The van der Waals surface area contributed by atoms with Gasteiger partial charge in [-0.05, 0) is 26.8 Å². The van der Waals surface area contributed by atoms with Gasteiger partial charge in [-0.3, -0.25) is 4.79 Å². The minimum absolute atomic E-state index is 0.0106. The van der Waals surface area contributed by atoms with Crippen LogP contribution in [0.2, 0.25) is 0 Å². The lowest BCUT2D eigenvalue weighted by Crippen LogP contribution is -2.46. The van der Waals surface area contributed by atoms with Crippen molar-refractivity contribution in [3.8, 4) is 0 Å². The number of nitrogens with two attached hydrogens (primary N) is 1. The molecule has 0 spiro atoms. The first-order chi connectivity index (χ1) is 11.1. The van der Waals surface area contributed by atoms with Gasteiger partial charge in [-0.25, -0.2) is 0 Å². The minimum atomic E-state index is -0.253. The lowest BCUT2D eigenvalue weighted by atomic mass is 10.00. The molecule has 3 heterocycles. The van der Waals surface area contributed by atoms with Crippen LogP contribution in [0.1, 0.15) is 18.9 Å². The molecule has 8 heteroatoms. The summed E-state index contributed by atoms with van der Waals surface area (Å²) in [7, 11) is 2.12. The number of anilines is 3. The van der Waals surface area contributed by atoms with Gasteiger partial charge in [0.05, 0.1) is 0 Å². The molecule has 3 rings (SSSR count). The number of hydrogen-bond donors (Lipinski definition) is 3. The van der Waals surface area contributed by atoms with Crippen LogP contribution in [0.4, 0.5) is 17.6 Å². The molecule has 0 aromatic carbocycles. The van der Waals surface area contributed by atoms with Crippen molar-refractivity contribution in [3.05, 3.63) is 5.56 Å². The number of nitrogens with one attached hydrogen (secondary N) is 2. The molecule has 1 saturated heterocycles. The first-order valence-corrected chi connectivity index (χ1v) is 8.22. The fourth-order valence-electron chi connectivity index (χ4n) is 3.14. The Kier molecular flexibility index (Phi) is 4.51. The number of rotatable bonds is 3. The van der Waals surface area contributed by atoms with Gasteiger partial charge in [0.25, 0.3) is 0 Å². The Hall–Kier alpha value is -2.09. The molecule has 8 nitrogen and oxygen atoms in total. The number of likely N-dealkylation sites (N-methyl/N-ethyl adjacent to an activating group) is 2. The van der Waals surface area contributed by atoms with E-state index in [1.165, 1.54) is 0 Å². The molecule has 1 atom stereocenters. The molecule has 0 saturated carbocycles. The van der Waals surface area contributed by atoms with Crippen LogP contribution in [0.15, 0.2) is 0 Å². The zero-order valence-electron chi connectivity index (χ0n) is 13.8. The number of amides is 1. The Balaban J connectivity index is 1.83. The van der Waals surface area contributed by atoms with Crippen LogP contribution in [0, 0.1) is 0 Å². The monoisotopic (exact) mass is 319 g/mol. The second kappa shape index (κ2) is 6.57. The third kappa shape index (κ3) is 3.31. The van der Waals surface area contributed by atoms with E-state index in [-0.39, 0.29) is 17.9 Å². The fourth-order valence-corrected chi connectivity index (χ4v) is 3.14. The van der Waals surface area contributed by atoms with E-state index in [0.717, 1.165) is 50.4 Å². The number of carbonyl (C=O) groups is 1. The highest BCUT2D eigenvalue weighted by molar-refractivity contribution is 5.85. The molecular weight excluding hydrogens is 294 g/mol. The van der Waals surface area contributed by atoms with Gasteiger partial charge in [0.1, 0.15) is 17.7 Å². The SMILES string of the molecule is CCNC(=O)C1CCc2c(nc(N)nc2N2CCN(C)CC2)N1. The first kappa shape index (κ1) is 15.8. The predicted octanol–water partition coefficient (Wildman–Crippen LogP) is -0.327. The average Bonchev–Trinajstić information content (AvgIpc) is 2.54. The summed E-state index contributed by atoms with van der Waals surface area (Å²) in [5, 5.41) is 6.08. The topological polar surface area (TPSA) is 99.4 Å². The number of piperazine rings is 1. The summed E-state index contributed by atoms with van der Waals surface area (Å²) in [6.07, 6.45) is 1.53. The summed E-state index contributed by atoms with van der Waals surface area (Å²) in [5.41, 5.74) is 6.97. The summed E-state index contributed by atoms with van der Waals surface area (Å²) in [6.45, 7) is 6.42. The van der Waals surface area contributed by atoms with Crippen molar-refractivity contribution in [2.45, 2.75) is 25.8 Å². The molecule has 0 bridgehead atoms. The van der Waals surface area contributed by atoms with Crippen molar-refractivity contribution in [2.75, 3.05) is 55.7 Å². The number of fused-ring (bicyclic) bond motifs is 1. The Morgan fingerprint density at radius 3 is 2.78 bits per heavy atom. The normalized spacial score (nSPS) is 21.5. The van der Waals surface area contributed by atoms with E-state index in [4.69, 9.17) is 5.73 Å². The maximum absolute atomic E-state index is 12.1. The van der Waals surface area contributed by atoms with Gasteiger partial charge in [-0.15, -0.1) is 0 Å². The van der Waals surface area contributed by atoms with Gasteiger partial charge in [0, 0.05) is 38.3 Å². The van der Waals surface area contributed by atoms with Gasteiger partial charge in [-0.1, -0.05) is 0 Å².